The monoisotopic (exact) mass is 551 g/mol. The number of fused-ring (bicyclic) bond motifs is 2. The van der Waals surface area contributed by atoms with Crippen LogP contribution in [-0.4, -0.2) is 31.5 Å². The molecule has 0 unspecified atom stereocenters. The molecule has 0 spiro atoms. The van der Waals surface area contributed by atoms with Gasteiger partial charge in [0, 0.05) is 12.7 Å². The van der Waals surface area contributed by atoms with Gasteiger partial charge in [-0.1, -0.05) is 55.9 Å². The van der Waals surface area contributed by atoms with Gasteiger partial charge < -0.3 is 14.6 Å². The third-order valence-corrected chi connectivity index (χ3v) is 9.45. The Balaban J connectivity index is 1.51. The topological polar surface area (TPSA) is 97.7 Å². The normalized spacial score (nSPS) is 15.7. The van der Waals surface area contributed by atoms with Gasteiger partial charge in [0.25, 0.3) is 15.9 Å². The number of aryl methyl sites for hydroxylation is 2. The molecule has 0 aliphatic carbocycles. The first-order valence-electron chi connectivity index (χ1n) is 12.2. The summed E-state index contributed by atoms with van der Waals surface area (Å²) in [6.07, 6.45) is -1.09. The summed E-state index contributed by atoms with van der Waals surface area (Å²) < 4.78 is 37.3. The number of rotatable bonds is 4. The summed E-state index contributed by atoms with van der Waals surface area (Å²) in [6.45, 7) is 7.85. The lowest BCUT2D eigenvalue weighted by Gasteiger charge is -2.36. The van der Waals surface area contributed by atoms with E-state index < -0.39 is 22.0 Å². The van der Waals surface area contributed by atoms with Crippen molar-refractivity contribution < 1.29 is 17.9 Å². The van der Waals surface area contributed by atoms with Gasteiger partial charge in [-0.3, -0.25) is 13.9 Å². The average molecular weight is 552 g/mol. The summed E-state index contributed by atoms with van der Waals surface area (Å²) in [5.74, 6) is -0.168. The Morgan fingerprint density at radius 1 is 1.05 bits per heavy atom. The SMILES string of the molecule is Cc1ccc(S(=O)(=O)N2C[C@@H](C(=O)Nc3ccc4c(c3)sc(=O)n4C)Oc3ccc(C(C)(C)C)cc32)cc1. The van der Waals surface area contributed by atoms with Gasteiger partial charge >= 0.3 is 4.87 Å². The largest absolute Gasteiger partial charge is 0.476 e. The molecule has 1 aliphatic rings. The smallest absolute Gasteiger partial charge is 0.307 e. The van der Waals surface area contributed by atoms with Crippen molar-refractivity contribution in [2.45, 2.75) is 44.1 Å². The standard InChI is InChI=1S/C28H29N3O5S2/c1-17-6-10-20(11-7-17)38(34,35)31-16-24(36-23-13-8-18(14-22(23)31)28(2,3)4)26(32)29-19-9-12-21-25(15-19)37-27(33)30(21)5/h6-15,24H,16H2,1-5H3,(H,29,32)/t24-/m0/s1. The van der Waals surface area contributed by atoms with Crippen molar-refractivity contribution in [3.05, 3.63) is 81.5 Å². The van der Waals surface area contributed by atoms with E-state index in [-0.39, 0.29) is 21.7 Å². The highest BCUT2D eigenvalue weighted by Crippen LogP contribution is 2.40. The van der Waals surface area contributed by atoms with E-state index in [0.29, 0.717) is 17.1 Å². The second-order valence-electron chi connectivity index (χ2n) is 10.5. The first-order chi connectivity index (χ1) is 17.8. The van der Waals surface area contributed by atoms with E-state index in [9.17, 15) is 18.0 Å². The maximum atomic E-state index is 13.8. The van der Waals surface area contributed by atoms with Gasteiger partial charge in [0.05, 0.1) is 27.3 Å². The van der Waals surface area contributed by atoms with Crippen molar-refractivity contribution >= 4 is 48.9 Å². The van der Waals surface area contributed by atoms with E-state index in [4.69, 9.17) is 4.74 Å². The zero-order chi connectivity index (χ0) is 27.4. The molecule has 1 atom stereocenters. The van der Waals surface area contributed by atoms with Crippen molar-refractivity contribution in [1.29, 1.82) is 0 Å². The van der Waals surface area contributed by atoms with Crippen LogP contribution in [0.3, 0.4) is 0 Å². The van der Waals surface area contributed by atoms with Gasteiger partial charge in [-0.2, -0.15) is 0 Å². The van der Waals surface area contributed by atoms with Crippen LogP contribution in [0.2, 0.25) is 0 Å². The first kappa shape index (κ1) is 26.0. The predicted octanol–water partition coefficient (Wildman–Crippen LogP) is 4.80. The fraction of sp³-hybridized carbons (Fsp3) is 0.286. The second-order valence-corrected chi connectivity index (χ2v) is 13.3. The van der Waals surface area contributed by atoms with Gasteiger partial charge in [-0.15, -0.1) is 0 Å². The Labute approximate surface area is 225 Å². The third-order valence-electron chi connectivity index (χ3n) is 6.66. The van der Waals surface area contributed by atoms with Crippen LogP contribution in [0.25, 0.3) is 10.2 Å². The van der Waals surface area contributed by atoms with E-state index in [1.807, 2.05) is 39.8 Å². The summed E-state index contributed by atoms with van der Waals surface area (Å²) in [6, 6.07) is 17.3. The minimum atomic E-state index is -3.99. The Bertz CT molecular complexity index is 1710. The zero-order valence-corrected chi connectivity index (χ0v) is 23.4. The fourth-order valence-corrected chi connectivity index (χ4v) is 6.74. The number of thiazole rings is 1. The Hall–Kier alpha value is -3.63. The molecule has 1 aromatic heterocycles. The predicted molar refractivity (Wildman–Crippen MR) is 151 cm³/mol. The van der Waals surface area contributed by atoms with Crippen LogP contribution < -0.4 is 19.2 Å². The minimum absolute atomic E-state index is 0.0951. The van der Waals surface area contributed by atoms with Crippen molar-refractivity contribution in [2.24, 2.45) is 7.05 Å². The van der Waals surface area contributed by atoms with E-state index in [2.05, 4.69) is 5.32 Å². The quantitative estimate of drug-likeness (QED) is 0.393. The van der Waals surface area contributed by atoms with Gasteiger partial charge in [0.2, 0.25) is 0 Å². The number of sulfonamides is 1. The van der Waals surface area contributed by atoms with E-state index in [0.717, 1.165) is 32.7 Å². The summed E-state index contributed by atoms with van der Waals surface area (Å²) in [5.41, 5.74) is 3.34. The van der Waals surface area contributed by atoms with E-state index >= 15 is 0 Å². The van der Waals surface area contributed by atoms with Gasteiger partial charge in [0.15, 0.2) is 6.10 Å². The van der Waals surface area contributed by atoms with Crippen LogP contribution in [-0.2, 0) is 27.3 Å². The second kappa shape index (κ2) is 9.28. The van der Waals surface area contributed by atoms with Gasteiger partial charge in [0.1, 0.15) is 5.75 Å². The van der Waals surface area contributed by atoms with E-state index in [1.165, 1.54) is 4.31 Å². The number of nitrogens with zero attached hydrogens (tertiary/aromatic N) is 2. The number of hydrogen-bond donors (Lipinski definition) is 1. The lowest BCUT2D eigenvalue weighted by Crippen LogP contribution is -2.49. The lowest BCUT2D eigenvalue weighted by molar-refractivity contribution is -0.122. The molecule has 4 aromatic rings. The summed E-state index contributed by atoms with van der Waals surface area (Å²) in [4.78, 5) is 25.4. The highest BCUT2D eigenvalue weighted by molar-refractivity contribution is 7.92. The molecule has 3 aromatic carbocycles. The number of anilines is 2. The molecular weight excluding hydrogens is 522 g/mol. The van der Waals surface area contributed by atoms with Crippen LogP contribution in [0.15, 0.2) is 70.4 Å². The highest BCUT2D eigenvalue weighted by Gasteiger charge is 2.38. The van der Waals surface area contributed by atoms with Crippen molar-refractivity contribution in [1.82, 2.24) is 4.57 Å². The first-order valence-corrected chi connectivity index (χ1v) is 14.4. The number of carbonyl (C=O) groups excluding carboxylic acids is 1. The third kappa shape index (κ3) is 4.69. The number of amides is 1. The molecule has 10 heteroatoms. The molecule has 0 bridgehead atoms. The summed E-state index contributed by atoms with van der Waals surface area (Å²) >= 11 is 1.09. The summed E-state index contributed by atoms with van der Waals surface area (Å²) in [5, 5.41) is 2.83. The maximum absolute atomic E-state index is 13.8. The summed E-state index contributed by atoms with van der Waals surface area (Å²) in [7, 11) is -2.29. The maximum Gasteiger partial charge on any atom is 0.307 e. The molecule has 198 valence electrons. The number of hydrogen-bond acceptors (Lipinski definition) is 6. The van der Waals surface area contributed by atoms with Crippen LogP contribution >= 0.6 is 11.3 Å². The van der Waals surface area contributed by atoms with Gasteiger partial charge in [-0.05, 0) is 60.4 Å². The van der Waals surface area contributed by atoms with Crippen LogP contribution in [0.4, 0.5) is 11.4 Å². The lowest BCUT2D eigenvalue weighted by atomic mass is 9.86. The number of nitrogens with one attached hydrogen (secondary N) is 1. The molecule has 8 nitrogen and oxygen atoms in total. The molecule has 0 saturated carbocycles. The fourth-order valence-electron chi connectivity index (χ4n) is 4.35. The van der Waals surface area contributed by atoms with E-state index in [1.54, 1.807) is 60.1 Å². The van der Waals surface area contributed by atoms with Crippen molar-refractivity contribution in [3.63, 3.8) is 0 Å². The van der Waals surface area contributed by atoms with Crippen molar-refractivity contribution in [2.75, 3.05) is 16.2 Å². The number of benzene rings is 3. The van der Waals surface area contributed by atoms with Gasteiger partial charge in [-0.25, -0.2) is 8.42 Å². The zero-order valence-electron chi connectivity index (χ0n) is 21.8. The van der Waals surface area contributed by atoms with Crippen LogP contribution in [0.1, 0.15) is 31.9 Å². The molecule has 0 saturated heterocycles. The molecule has 38 heavy (non-hydrogen) atoms. The van der Waals surface area contributed by atoms with Crippen LogP contribution in [0.5, 0.6) is 5.75 Å². The molecule has 1 amide bonds. The Morgan fingerprint density at radius 3 is 2.45 bits per heavy atom. The Kier molecular flexibility index (Phi) is 6.35. The Morgan fingerprint density at radius 2 is 1.76 bits per heavy atom. The molecule has 2 heterocycles. The molecule has 1 aliphatic heterocycles. The van der Waals surface area contributed by atoms with Crippen LogP contribution in [0, 0.1) is 6.92 Å². The van der Waals surface area contributed by atoms with Crippen molar-refractivity contribution in [3.8, 4) is 5.75 Å². The highest BCUT2D eigenvalue weighted by atomic mass is 32.2. The average Bonchev–Trinajstić information content (AvgIpc) is 3.15. The minimum Gasteiger partial charge on any atom is -0.476 e. The molecule has 0 fully saturated rings. The number of carbonyl (C=O) groups is 1. The molecule has 1 N–H and O–H groups in total. The molecular formula is C28H29N3O5S2. The molecule has 0 radical (unpaired) electrons. The number of ether oxygens (including phenoxy) is 1. The number of aromatic nitrogens is 1. The molecule has 5 rings (SSSR count).